The van der Waals surface area contributed by atoms with Crippen molar-refractivity contribution in [2.24, 2.45) is 10.7 Å². The van der Waals surface area contributed by atoms with Gasteiger partial charge in [0, 0.05) is 6.54 Å². The number of nitrogens with two attached hydrogens (primary N) is 1. The Morgan fingerprint density at radius 3 is 2.77 bits per heavy atom. The van der Waals surface area contributed by atoms with Crippen molar-refractivity contribution in [3.8, 4) is 0 Å². The zero-order valence-corrected chi connectivity index (χ0v) is 7.92. The largest absolute Gasteiger partial charge is 0.385 e. The van der Waals surface area contributed by atoms with Gasteiger partial charge in [0.2, 0.25) is 0 Å². The molecule has 0 unspecified atom stereocenters. The van der Waals surface area contributed by atoms with Gasteiger partial charge in [-0.1, -0.05) is 6.92 Å². The molecule has 2 amide bonds. The van der Waals surface area contributed by atoms with Crippen molar-refractivity contribution in [2.75, 3.05) is 6.54 Å². The third-order valence-electron chi connectivity index (χ3n) is 3.07. The van der Waals surface area contributed by atoms with Crippen LogP contribution in [-0.2, 0) is 0 Å². The Kier molecular flexibility index (Phi) is 1.78. The van der Waals surface area contributed by atoms with Gasteiger partial charge in [-0.15, -0.1) is 0 Å². The fourth-order valence-corrected chi connectivity index (χ4v) is 2.16. The predicted octanol–water partition coefficient (Wildman–Crippen LogP) is 1.11. The molecular weight excluding hydrogens is 166 g/mol. The monoisotopic (exact) mass is 181 g/mol. The van der Waals surface area contributed by atoms with Crippen molar-refractivity contribution in [3.63, 3.8) is 0 Å². The first-order valence-corrected chi connectivity index (χ1v) is 4.87. The van der Waals surface area contributed by atoms with Crippen LogP contribution in [0.2, 0.25) is 0 Å². The molecule has 0 bridgehead atoms. The van der Waals surface area contributed by atoms with Crippen LogP contribution in [0, 0.1) is 0 Å². The first-order valence-electron chi connectivity index (χ1n) is 4.87. The molecule has 2 rings (SSSR count). The second kappa shape index (κ2) is 2.72. The lowest BCUT2D eigenvalue weighted by Gasteiger charge is -2.44. The van der Waals surface area contributed by atoms with Crippen LogP contribution < -0.4 is 5.73 Å². The number of hydrogen-bond acceptors (Lipinski definition) is 2. The number of amidine groups is 1. The number of rotatable bonds is 2. The molecule has 2 aliphatic rings. The van der Waals surface area contributed by atoms with Crippen LogP contribution in [0.25, 0.3) is 0 Å². The minimum atomic E-state index is -0.174. The molecule has 0 aromatic heterocycles. The van der Waals surface area contributed by atoms with Gasteiger partial charge in [-0.05, 0) is 25.7 Å². The fraction of sp³-hybridized carbons (Fsp3) is 0.778. The molecule has 1 fully saturated rings. The lowest BCUT2D eigenvalue weighted by molar-refractivity contribution is 0.117. The summed E-state index contributed by atoms with van der Waals surface area (Å²) in [6.07, 6.45) is 4.11. The van der Waals surface area contributed by atoms with E-state index in [4.69, 9.17) is 5.73 Å². The number of hydrogen-bond donors (Lipinski definition) is 1. The first-order chi connectivity index (χ1) is 6.20. The molecule has 0 aromatic carbocycles. The number of carbonyl (C=O) groups excluding carboxylic acids is 1. The minimum Gasteiger partial charge on any atom is -0.385 e. The van der Waals surface area contributed by atoms with Crippen molar-refractivity contribution < 1.29 is 4.79 Å². The lowest BCUT2D eigenvalue weighted by Crippen LogP contribution is -2.58. The second-order valence-corrected chi connectivity index (χ2v) is 3.82. The van der Waals surface area contributed by atoms with Gasteiger partial charge in [0.1, 0.15) is 11.4 Å². The molecule has 2 N–H and O–H groups in total. The van der Waals surface area contributed by atoms with Crippen molar-refractivity contribution in [2.45, 2.75) is 38.1 Å². The van der Waals surface area contributed by atoms with Crippen LogP contribution in [0.3, 0.4) is 0 Å². The molecule has 4 nitrogen and oxygen atoms in total. The molecule has 0 atom stereocenters. The number of carbonyl (C=O) groups is 1. The summed E-state index contributed by atoms with van der Waals surface area (Å²) in [6.45, 7) is 2.84. The lowest BCUT2D eigenvalue weighted by atomic mass is 9.75. The maximum Gasteiger partial charge on any atom is 0.346 e. The molecule has 1 aliphatic heterocycles. The summed E-state index contributed by atoms with van der Waals surface area (Å²) in [5.41, 5.74) is 5.60. The molecule has 1 spiro atoms. The summed E-state index contributed by atoms with van der Waals surface area (Å²) in [5, 5.41) is 0. The SMILES string of the molecule is CCCN1C(=O)N=C(N)C12CCC2. The van der Waals surface area contributed by atoms with Gasteiger partial charge >= 0.3 is 6.03 Å². The predicted molar refractivity (Wildman–Crippen MR) is 50.6 cm³/mol. The third kappa shape index (κ3) is 0.975. The van der Waals surface area contributed by atoms with E-state index in [0.29, 0.717) is 5.84 Å². The van der Waals surface area contributed by atoms with E-state index in [2.05, 4.69) is 11.9 Å². The summed E-state index contributed by atoms with van der Waals surface area (Å²) >= 11 is 0. The maximum atomic E-state index is 11.4. The highest BCUT2D eigenvalue weighted by atomic mass is 16.2. The van der Waals surface area contributed by atoms with Crippen LogP contribution in [0.5, 0.6) is 0 Å². The number of amides is 2. The Hall–Kier alpha value is -1.06. The minimum absolute atomic E-state index is 0.140. The van der Waals surface area contributed by atoms with Crippen molar-refractivity contribution in [3.05, 3.63) is 0 Å². The van der Waals surface area contributed by atoms with Crippen LogP contribution in [-0.4, -0.2) is 28.9 Å². The second-order valence-electron chi connectivity index (χ2n) is 3.82. The highest BCUT2D eigenvalue weighted by Gasteiger charge is 2.51. The molecular formula is C9H15N3O. The number of aliphatic imine (C=N–C) groups is 1. The van der Waals surface area contributed by atoms with Gasteiger partial charge < -0.3 is 10.6 Å². The van der Waals surface area contributed by atoms with E-state index >= 15 is 0 Å². The first kappa shape index (κ1) is 8.53. The van der Waals surface area contributed by atoms with E-state index < -0.39 is 0 Å². The van der Waals surface area contributed by atoms with E-state index in [9.17, 15) is 4.79 Å². The van der Waals surface area contributed by atoms with Crippen molar-refractivity contribution in [1.29, 1.82) is 0 Å². The van der Waals surface area contributed by atoms with E-state index in [0.717, 1.165) is 32.2 Å². The van der Waals surface area contributed by atoms with Gasteiger partial charge in [-0.2, -0.15) is 4.99 Å². The molecule has 1 saturated carbocycles. The molecule has 72 valence electrons. The number of urea groups is 1. The van der Waals surface area contributed by atoms with Gasteiger partial charge in [0.15, 0.2) is 0 Å². The maximum absolute atomic E-state index is 11.4. The summed E-state index contributed by atoms with van der Waals surface area (Å²) in [5.74, 6) is 0.539. The highest BCUT2D eigenvalue weighted by Crippen LogP contribution is 2.41. The Bertz CT molecular complexity index is 268. The van der Waals surface area contributed by atoms with Gasteiger partial charge in [0.25, 0.3) is 0 Å². The van der Waals surface area contributed by atoms with E-state index in [1.807, 2.05) is 4.90 Å². The molecule has 4 heteroatoms. The zero-order valence-electron chi connectivity index (χ0n) is 7.92. The topological polar surface area (TPSA) is 58.7 Å². The van der Waals surface area contributed by atoms with Crippen molar-refractivity contribution in [1.82, 2.24) is 4.90 Å². The average Bonchev–Trinajstić information content (AvgIpc) is 2.23. The van der Waals surface area contributed by atoms with Crippen LogP contribution >= 0.6 is 0 Å². The van der Waals surface area contributed by atoms with Gasteiger partial charge in [0.05, 0.1) is 0 Å². The van der Waals surface area contributed by atoms with Gasteiger partial charge in [-0.25, -0.2) is 4.79 Å². The van der Waals surface area contributed by atoms with Crippen LogP contribution in [0.15, 0.2) is 4.99 Å². The zero-order chi connectivity index (χ0) is 9.47. The Labute approximate surface area is 77.8 Å². The Balaban J connectivity index is 2.22. The average molecular weight is 181 g/mol. The third-order valence-corrected chi connectivity index (χ3v) is 3.07. The quantitative estimate of drug-likeness (QED) is 0.693. The van der Waals surface area contributed by atoms with E-state index in [-0.39, 0.29) is 11.6 Å². The fourth-order valence-electron chi connectivity index (χ4n) is 2.16. The standard InChI is InChI=1S/C9H15N3O/c1-2-6-12-8(13)11-7(10)9(12)4-3-5-9/h2-6H2,1H3,(H2,10,11,13). The summed E-state index contributed by atoms with van der Waals surface area (Å²) in [7, 11) is 0. The Morgan fingerprint density at radius 1 is 1.62 bits per heavy atom. The van der Waals surface area contributed by atoms with Gasteiger partial charge in [-0.3, -0.25) is 0 Å². The molecule has 1 aliphatic carbocycles. The molecule has 1 heterocycles. The molecule has 13 heavy (non-hydrogen) atoms. The summed E-state index contributed by atoms with van der Waals surface area (Å²) < 4.78 is 0. The van der Waals surface area contributed by atoms with E-state index in [1.54, 1.807) is 0 Å². The Morgan fingerprint density at radius 2 is 2.31 bits per heavy atom. The van der Waals surface area contributed by atoms with E-state index in [1.165, 1.54) is 0 Å². The summed E-state index contributed by atoms with van der Waals surface area (Å²) in [4.78, 5) is 17.1. The van der Waals surface area contributed by atoms with Crippen LogP contribution in [0.4, 0.5) is 4.79 Å². The smallest absolute Gasteiger partial charge is 0.346 e. The molecule has 0 aromatic rings. The number of nitrogens with zero attached hydrogens (tertiary/aromatic N) is 2. The normalized spacial score (nSPS) is 24.8. The highest BCUT2D eigenvalue weighted by molar-refractivity contribution is 6.06. The molecule has 0 radical (unpaired) electrons. The van der Waals surface area contributed by atoms with Crippen molar-refractivity contribution >= 4 is 11.9 Å². The van der Waals surface area contributed by atoms with Crippen LogP contribution in [0.1, 0.15) is 32.6 Å². The summed E-state index contributed by atoms with van der Waals surface area (Å²) in [6, 6.07) is -0.140. The molecule has 0 saturated heterocycles.